The van der Waals surface area contributed by atoms with Crippen LogP contribution in [0.5, 0.6) is 5.75 Å². The van der Waals surface area contributed by atoms with Crippen molar-refractivity contribution >= 4 is 17.4 Å². The molecule has 1 fully saturated rings. The van der Waals surface area contributed by atoms with E-state index in [1.807, 2.05) is 4.57 Å². The number of halogens is 1. The van der Waals surface area contributed by atoms with Crippen molar-refractivity contribution in [1.29, 1.82) is 0 Å². The quantitative estimate of drug-likeness (QED) is 0.225. The molecule has 8 heteroatoms. The van der Waals surface area contributed by atoms with Crippen LogP contribution in [0.4, 0.5) is 4.39 Å². The van der Waals surface area contributed by atoms with Gasteiger partial charge in [-0.3, -0.25) is 9.59 Å². The van der Waals surface area contributed by atoms with Crippen molar-refractivity contribution in [1.82, 2.24) is 14.5 Å². The van der Waals surface area contributed by atoms with Gasteiger partial charge in [-0.1, -0.05) is 24.8 Å². The molecule has 1 aliphatic heterocycles. The molecule has 0 spiro atoms. The molecule has 0 radical (unpaired) electrons. The number of ether oxygens (including phenoxy) is 1. The second-order valence-electron chi connectivity index (χ2n) is 7.83. The van der Waals surface area contributed by atoms with Crippen LogP contribution in [0.15, 0.2) is 85.5 Å². The summed E-state index contributed by atoms with van der Waals surface area (Å²) in [4.78, 5) is 31.4. The van der Waals surface area contributed by atoms with Crippen LogP contribution in [0.3, 0.4) is 0 Å². The SMILES string of the molecule is C=CCOc1ccc(C(O)=C2C(=O)C(=O)N(CCCn3ccnc3)C2c2cccc(F)c2)cc1. The molecule has 1 unspecified atom stereocenters. The minimum Gasteiger partial charge on any atom is -0.507 e. The number of carbonyl (C=O) groups is 2. The van der Waals surface area contributed by atoms with E-state index in [9.17, 15) is 19.1 Å². The number of aromatic nitrogens is 2. The summed E-state index contributed by atoms with van der Waals surface area (Å²) in [6, 6.07) is 11.3. The summed E-state index contributed by atoms with van der Waals surface area (Å²) in [5.41, 5.74) is 0.691. The Bertz CT molecular complexity index is 1220. The molecule has 1 saturated heterocycles. The number of ketones is 1. The predicted molar refractivity (Wildman–Crippen MR) is 124 cm³/mol. The number of carbonyl (C=O) groups excluding carboxylic acids is 2. The molecule has 1 atom stereocenters. The highest BCUT2D eigenvalue weighted by Gasteiger charge is 2.45. The lowest BCUT2D eigenvalue weighted by Crippen LogP contribution is -2.31. The van der Waals surface area contributed by atoms with Crippen LogP contribution in [0.2, 0.25) is 0 Å². The first-order chi connectivity index (χ1) is 16.5. The fourth-order valence-electron chi connectivity index (χ4n) is 4.00. The third kappa shape index (κ3) is 4.76. The van der Waals surface area contributed by atoms with E-state index in [0.717, 1.165) is 0 Å². The fourth-order valence-corrected chi connectivity index (χ4v) is 4.00. The molecule has 1 aromatic heterocycles. The summed E-state index contributed by atoms with van der Waals surface area (Å²) in [6.45, 7) is 4.76. The molecule has 0 bridgehead atoms. The summed E-state index contributed by atoms with van der Waals surface area (Å²) >= 11 is 0. The largest absolute Gasteiger partial charge is 0.507 e. The molecule has 2 heterocycles. The zero-order valence-corrected chi connectivity index (χ0v) is 18.4. The van der Waals surface area contributed by atoms with Crippen molar-refractivity contribution < 1.29 is 23.8 Å². The van der Waals surface area contributed by atoms with E-state index in [4.69, 9.17) is 4.74 Å². The molecule has 0 aliphatic carbocycles. The van der Waals surface area contributed by atoms with Crippen molar-refractivity contribution in [2.24, 2.45) is 0 Å². The topological polar surface area (TPSA) is 84.7 Å². The van der Waals surface area contributed by atoms with Gasteiger partial charge in [0.25, 0.3) is 11.7 Å². The molecule has 2 aromatic carbocycles. The van der Waals surface area contributed by atoms with E-state index in [2.05, 4.69) is 11.6 Å². The monoisotopic (exact) mass is 461 g/mol. The van der Waals surface area contributed by atoms with E-state index in [1.165, 1.54) is 23.1 Å². The van der Waals surface area contributed by atoms with Gasteiger partial charge < -0.3 is 19.3 Å². The first-order valence-electron chi connectivity index (χ1n) is 10.8. The van der Waals surface area contributed by atoms with Crippen molar-refractivity contribution in [2.75, 3.05) is 13.2 Å². The predicted octanol–water partition coefficient (Wildman–Crippen LogP) is 4.10. The van der Waals surface area contributed by atoms with Crippen molar-refractivity contribution in [2.45, 2.75) is 19.0 Å². The van der Waals surface area contributed by atoms with Crippen LogP contribution >= 0.6 is 0 Å². The highest BCUT2D eigenvalue weighted by Crippen LogP contribution is 2.39. The summed E-state index contributed by atoms with van der Waals surface area (Å²) in [5, 5.41) is 11.1. The second-order valence-corrected chi connectivity index (χ2v) is 7.83. The van der Waals surface area contributed by atoms with E-state index in [1.54, 1.807) is 55.1 Å². The number of imidazole rings is 1. The number of nitrogens with zero attached hydrogens (tertiary/aromatic N) is 3. The minimum atomic E-state index is -0.907. The van der Waals surface area contributed by atoms with Crippen LogP contribution in [0, 0.1) is 5.82 Å². The maximum Gasteiger partial charge on any atom is 0.295 e. The smallest absolute Gasteiger partial charge is 0.295 e. The maximum atomic E-state index is 14.1. The number of aliphatic hydroxyl groups is 1. The number of aryl methyl sites for hydroxylation is 1. The van der Waals surface area contributed by atoms with E-state index >= 15 is 0 Å². The van der Waals surface area contributed by atoms with E-state index in [-0.39, 0.29) is 17.9 Å². The number of Topliss-reactive ketones (excluding diaryl/α,β-unsaturated/α-hetero) is 1. The highest BCUT2D eigenvalue weighted by molar-refractivity contribution is 6.46. The normalized spacial score (nSPS) is 17.2. The number of benzene rings is 2. The van der Waals surface area contributed by atoms with Gasteiger partial charge >= 0.3 is 0 Å². The standard InChI is InChI=1S/C26H24FN3O4/c1-2-15-34-21-9-7-18(8-10-21)24(31)22-23(19-5-3-6-20(27)16-19)30(26(33)25(22)32)13-4-12-29-14-11-28-17-29/h2-3,5-11,14,16-17,23,31H,1,4,12-13,15H2. The van der Waals surface area contributed by atoms with Gasteiger partial charge in [-0.15, -0.1) is 0 Å². The lowest BCUT2D eigenvalue weighted by atomic mass is 9.95. The Morgan fingerprint density at radius 1 is 1.18 bits per heavy atom. The first kappa shape index (κ1) is 23.0. The van der Waals surface area contributed by atoms with Gasteiger partial charge in [0.15, 0.2) is 0 Å². The Hall–Kier alpha value is -4.20. The van der Waals surface area contributed by atoms with Gasteiger partial charge in [0.1, 0.15) is 23.9 Å². The number of amides is 1. The molecule has 7 nitrogen and oxygen atoms in total. The summed E-state index contributed by atoms with van der Waals surface area (Å²) in [6.07, 6.45) is 7.29. The molecule has 174 valence electrons. The van der Waals surface area contributed by atoms with Gasteiger partial charge in [-0.2, -0.15) is 0 Å². The van der Waals surface area contributed by atoms with Crippen molar-refractivity contribution in [3.63, 3.8) is 0 Å². The second kappa shape index (κ2) is 10.2. The number of likely N-dealkylation sites (tertiary alicyclic amines) is 1. The molecular formula is C26H24FN3O4. The van der Waals surface area contributed by atoms with Crippen molar-refractivity contribution in [3.8, 4) is 5.75 Å². The lowest BCUT2D eigenvalue weighted by Gasteiger charge is -2.25. The van der Waals surface area contributed by atoms with Gasteiger partial charge in [0.2, 0.25) is 0 Å². The van der Waals surface area contributed by atoms with Gasteiger partial charge in [0, 0.05) is 31.0 Å². The Kier molecular flexibility index (Phi) is 6.87. The number of hydrogen-bond donors (Lipinski definition) is 1. The molecule has 1 amide bonds. The van der Waals surface area contributed by atoms with E-state index < -0.39 is 23.5 Å². The third-order valence-electron chi connectivity index (χ3n) is 5.57. The Labute approximate surface area is 196 Å². The van der Waals surface area contributed by atoms with Gasteiger partial charge in [0.05, 0.1) is 17.9 Å². The molecule has 0 saturated carbocycles. The average molecular weight is 461 g/mol. The molecule has 1 aliphatic rings. The lowest BCUT2D eigenvalue weighted by molar-refractivity contribution is -0.139. The third-order valence-corrected chi connectivity index (χ3v) is 5.57. The Balaban J connectivity index is 1.69. The molecule has 4 rings (SSSR count). The Morgan fingerprint density at radius 3 is 2.65 bits per heavy atom. The van der Waals surface area contributed by atoms with E-state index in [0.29, 0.717) is 36.4 Å². The van der Waals surface area contributed by atoms with Crippen LogP contribution in [0.25, 0.3) is 5.76 Å². The van der Waals surface area contributed by atoms with Crippen molar-refractivity contribution in [3.05, 3.63) is 102 Å². The van der Waals surface area contributed by atoms with Crippen LogP contribution in [-0.4, -0.2) is 44.4 Å². The zero-order valence-electron chi connectivity index (χ0n) is 18.4. The average Bonchev–Trinajstić information content (AvgIpc) is 3.45. The van der Waals surface area contributed by atoms with Crippen LogP contribution < -0.4 is 4.74 Å². The van der Waals surface area contributed by atoms with Crippen LogP contribution in [0.1, 0.15) is 23.6 Å². The Morgan fingerprint density at radius 2 is 1.97 bits per heavy atom. The fraction of sp³-hybridized carbons (Fsp3) is 0.192. The highest BCUT2D eigenvalue weighted by atomic mass is 19.1. The first-order valence-corrected chi connectivity index (χ1v) is 10.8. The molecule has 34 heavy (non-hydrogen) atoms. The molecule has 3 aromatic rings. The van der Waals surface area contributed by atoms with Gasteiger partial charge in [-0.25, -0.2) is 9.37 Å². The summed E-state index contributed by atoms with van der Waals surface area (Å²) in [5.74, 6) is -1.78. The van der Waals surface area contributed by atoms with Crippen LogP contribution in [-0.2, 0) is 16.1 Å². The maximum absolute atomic E-state index is 14.1. The number of rotatable bonds is 9. The summed E-state index contributed by atoms with van der Waals surface area (Å²) < 4.78 is 21.4. The zero-order chi connectivity index (χ0) is 24.1. The number of hydrogen-bond acceptors (Lipinski definition) is 5. The molecular weight excluding hydrogens is 437 g/mol. The number of aliphatic hydroxyl groups excluding tert-OH is 1. The minimum absolute atomic E-state index is 0.0713. The van der Waals surface area contributed by atoms with Gasteiger partial charge in [-0.05, 0) is 48.4 Å². The molecule has 1 N–H and O–H groups in total. The summed E-state index contributed by atoms with van der Waals surface area (Å²) in [7, 11) is 0.